The smallest absolute Gasteiger partial charge is 0.319 e. The molecule has 1 heterocycles. The Kier molecular flexibility index (Phi) is 6.15. The number of nitrogens with zero attached hydrogens (tertiary/aromatic N) is 1. The number of thioether (sulfide) groups is 1. The van der Waals surface area contributed by atoms with Crippen LogP contribution in [0.15, 0.2) is 54.7 Å². The van der Waals surface area contributed by atoms with Gasteiger partial charge in [-0.2, -0.15) is 0 Å². The fourth-order valence-corrected chi connectivity index (χ4v) is 2.84. The van der Waals surface area contributed by atoms with Crippen LogP contribution in [0.4, 0.5) is 0 Å². The second kappa shape index (κ2) is 8.34. The fraction of sp³-hybridized carbons (Fsp3) is 0.235. The molecule has 0 aliphatic carbocycles. The molecule has 1 unspecified atom stereocenters. The van der Waals surface area contributed by atoms with Crippen LogP contribution in [0.25, 0.3) is 0 Å². The maximum Gasteiger partial charge on any atom is 0.319 e. The van der Waals surface area contributed by atoms with Crippen molar-refractivity contribution >= 4 is 22.8 Å². The van der Waals surface area contributed by atoms with Crippen LogP contribution in [0.5, 0.6) is 0 Å². The van der Waals surface area contributed by atoms with E-state index in [2.05, 4.69) is 4.98 Å². The largest absolute Gasteiger partial charge is 0.465 e. The predicted molar refractivity (Wildman–Crippen MR) is 86.7 cm³/mol. The first-order valence-electron chi connectivity index (χ1n) is 7.03. The lowest BCUT2D eigenvalue weighted by Gasteiger charge is -2.14. The molecule has 2 rings (SSSR count). The number of esters is 1. The molecule has 0 bridgehead atoms. The highest BCUT2D eigenvalue weighted by Gasteiger charge is 2.25. The zero-order chi connectivity index (χ0) is 15.8. The van der Waals surface area contributed by atoms with Gasteiger partial charge in [-0.3, -0.25) is 14.6 Å². The lowest BCUT2D eigenvalue weighted by atomic mass is 10.2. The van der Waals surface area contributed by atoms with Gasteiger partial charge in [0.15, 0.2) is 0 Å². The molecule has 4 nitrogen and oxygen atoms in total. The highest BCUT2D eigenvalue weighted by atomic mass is 32.2. The third kappa shape index (κ3) is 4.70. The molecule has 0 spiro atoms. The Hall–Kier alpha value is -2.14. The predicted octanol–water partition coefficient (Wildman–Crippen LogP) is 3.13. The molecule has 0 amide bonds. The van der Waals surface area contributed by atoms with Gasteiger partial charge in [0.1, 0.15) is 5.25 Å². The first kappa shape index (κ1) is 16.2. The normalized spacial score (nSPS) is 11.7. The number of benzene rings is 1. The Morgan fingerprint density at radius 3 is 2.50 bits per heavy atom. The van der Waals surface area contributed by atoms with Crippen LogP contribution in [-0.2, 0) is 16.0 Å². The molecule has 22 heavy (non-hydrogen) atoms. The van der Waals surface area contributed by atoms with Crippen molar-refractivity contribution in [2.75, 3.05) is 6.61 Å². The molecule has 5 heteroatoms. The molecule has 1 atom stereocenters. The van der Waals surface area contributed by atoms with Gasteiger partial charge < -0.3 is 4.74 Å². The van der Waals surface area contributed by atoms with Gasteiger partial charge in [0.05, 0.1) is 6.61 Å². The van der Waals surface area contributed by atoms with E-state index in [1.807, 2.05) is 24.3 Å². The average molecular weight is 315 g/mol. The maximum atomic E-state index is 12.3. The number of pyridine rings is 1. The summed E-state index contributed by atoms with van der Waals surface area (Å²) in [6.07, 6.45) is 2.03. The van der Waals surface area contributed by atoms with Crippen molar-refractivity contribution in [3.8, 4) is 0 Å². The maximum absolute atomic E-state index is 12.3. The molecule has 1 aromatic carbocycles. The first-order valence-corrected chi connectivity index (χ1v) is 7.91. The van der Waals surface area contributed by atoms with Crippen LogP contribution in [0.1, 0.15) is 23.0 Å². The molecular formula is C17H17NO3S. The van der Waals surface area contributed by atoms with E-state index in [0.29, 0.717) is 12.0 Å². The monoisotopic (exact) mass is 315 g/mol. The van der Waals surface area contributed by atoms with Gasteiger partial charge in [0.2, 0.25) is 5.12 Å². The highest BCUT2D eigenvalue weighted by molar-refractivity contribution is 8.15. The van der Waals surface area contributed by atoms with Crippen molar-refractivity contribution < 1.29 is 14.3 Å². The summed E-state index contributed by atoms with van der Waals surface area (Å²) in [7, 11) is 0. The van der Waals surface area contributed by atoms with E-state index in [4.69, 9.17) is 4.74 Å². The molecular weight excluding hydrogens is 298 g/mol. The SMILES string of the molecule is CCOC(=O)C(Cc1ccccn1)SC(=O)c1ccccc1. The van der Waals surface area contributed by atoms with E-state index < -0.39 is 5.25 Å². The Morgan fingerprint density at radius 2 is 1.86 bits per heavy atom. The van der Waals surface area contributed by atoms with E-state index >= 15 is 0 Å². The minimum atomic E-state index is -0.595. The van der Waals surface area contributed by atoms with Crippen molar-refractivity contribution in [3.63, 3.8) is 0 Å². The number of ether oxygens (including phenoxy) is 1. The summed E-state index contributed by atoms with van der Waals surface area (Å²) in [5.74, 6) is -0.387. The van der Waals surface area contributed by atoms with Gasteiger partial charge in [-0.1, -0.05) is 48.2 Å². The number of carbonyl (C=O) groups excluding carboxylic acids is 2. The Bertz CT molecular complexity index is 616. The van der Waals surface area contributed by atoms with Gasteiger partial charge >= 0.3 is 5.97 Å². The van der Waals surface area contributed by atoms with Crippen LogP contribution in [-0.4, -0.2) is 27.9 Å². The van der Waals surface area contributed by atoms with Gasteiger partial charge in [0.25, 0.3) is 0 Å². The Balaban J connectivity index is 2.11. The summed E-state index contributed by atoms with van der Waals surface area (Å²) in [6, 6.07) is 14.4. The number of aromatic nitrogens is 1. The number of hydrogen-bond acceptors (Lipinski definition) is 5. The van der Waals surface area contributed by atoms with E-state index in [0.717, 1.165) is 17.5 Å². The molecule has 2 aromatic rings. The van der Waals surface area contributed by atoms with Crippen LogP contribution in [0, 0.1) is 0 Å². The quantitative estimate of drug-likeness (QED) is 0.767. The molecule has 0 saturated carbocycles. The van der Waals surface area contributed by atoms with Gasteiger partial charge in [0, 0.05) is 23.9 Å². The Morgan fingerprint density at radius 1 is 1.14 bits per heavy atom. The standard InChI is InChI=1S/C17H17NO3S/c1-2-21-16(19)15(12-14-10-6-7-11-18-14)22-17(20)13-8-4-3-5-9-13/h3-11,15H,2,12H2,1H3. The summed E-state index contributed by atoms with van der Waals surface area (Å²) in [5.41, 5.74) is 1.33. The molecule has 0 N–H and O–H groups in total. The summed E-state index contributed by atoms with van der Waals surface area (Å²) >= 11 is 0.987. The average Bonchev–Trinajstić information content (AvgIpc) is 2.56. The zero-order valence-corrected chi connectivity index (χ0v) is 13.1. The summed E-state index contributed by atoms with van der Waals surface area (Å²) < 4.78 is 5.07. The minimum absolute atomic E-state index is 0.144. The summed E-state index contributed by atoms with van der Waals surface area (Å²) in [5, 5.41) is -0.739. The van der Waals surface area contributed by atoms with Gasteiger partial charge in [-0.05, 0) is 19.1 Å². The van der Waals surface area contributed by atoms with Crippen molar-refractivity contribution in [1.29, 1.82) is 0 Å². The van der Waals surface area contributed by atoms with E-state index in [1.54, 1.807) is 37.4 Å². The number of carbonyl (C=O) groups is 2. The van der Waals surface area contributed by atoms with E-state index in [-0.39, 0.29) is 17.7 Å². The minimum Gasteiger partial charge on any atom is -0.465 e. The van der Waals surface area contributed by atoms with Crippen molar-refractivity contribution in [2.45, 2.75) is 18.6 Å². The van der Waals surface area contributed by atoms with E-state index in [1.165, 1.54) is 0 Å². The van der Waals surface area contributed by atoms with Crippen LogP contribution in [0.3, 0.4) is 0 Å². The Labute approximate surface area is 133 Å². The van der Waals surface area contributed by atoms with E-state index in [9.17, 15) is 9.59 Å². The third-order valence-electron chi connectivity index (χ3n) is 2.93. The van der Waals surface area contributed by atoms with Crippen molar-refractivity contribution in [2.24, 2.45) is 0 Å². The lowest BCUT2D eigenvalue weighted by molar-refractivity contribution is -0.142. The molecule has 0 fully saturated rings. The number of hydrogen-bond donors (Lipinski definition) is 0. The molecule has 1 aromatic heterocycles. The number of rotatable bonds is 6. The highest BCUT2D eigenvalue weighted by Crippen LogP contribution is 2.22. The molecule has 0 saturated heterocycles. The fourth-order valence-electron chi connectivity index (χ4n) is 1.89. The molecule has 0 aliphatic rings. The second-order valence-electron chi connectivity index (χ2n) is 4.54. The van der Waals surface area contributed by atoms with Crippen molar-refractivity contribution in [3.05, 3.63) is 66.0 Å². The summed E-state index contributed by atoms with van der Waals surface area (Å²) in [6.45, 7) is 2.04. The second-order valence-corrected chi connectivity index (χ2v) is 5.71. The lowest BCUT2D eigenvalue weighted by Crippen LogP contribution is -2.24. The molecule has 0 radical (unpaired) electrons. The van der Waals surface area contributed by atoms with Gasteiger partial charge in [-0.25, -0.2) is 0 Å². The van der Waals surface area contributed by atoms with Crippen LogP contribution in [0.2, 0.25) is 0 Å². The van der Waals surface area contributed by atoms with Gasteiger partial charge in [-0.15, -0.1) is 0 Å². The van der Waals surface area contributed by atoms with Crippen LogP contribution < -0.4 is 0 Å². The van der Waals surface area contributed by atoms with Crippen molar-refractivity contribution in [1.82, 2.24) is 4.98 Å². The molecule has 114 valence electrons. The molecule has 0 aliphatic heterocycles. The topological polar surface area (TPSA) is 56.3 Å². The zero-order valence-electron chi connectivity index (χ0n) is 12.3. The van der Waals surface area contributed by atoms with Crippen LogP contribution >= 0.6 is 11.8 Å². The first-order chi connectivity index (χ1) is 10.7. The summed E-state index contributed by atoms with van der Waals surface area (Å²) in [4.78, 5) is 28.6. The third-order valence-corrected chi connectivity index (χ3v) is 4.02.